The first-order valence-electron chi connectivity index (χ1n) is 8.38. The maximum atomic E-state index is 13.0. The Morgan fingerprint density at radius 3 is 2.72 bits per heavy atom. The SMILES string of the molecule is COc1cc(-c2ccccc2)sc1C(=O)N1CCCC(C(C)N)C1.Cl. The molecule has 6 heteroatoms. The Bertz CT molecular complexity index is 703. The molecule has 3 rings (SSSR count). The van der Waals surface area contributed by atoms with E-state index >= 15 is 0 Å². The highest BCUT2D eigenvalue weighted by Gasteiger charge is 2.29. The molecule has 1 aliphatic heterocycles. The molecule has 1 fully saturated rings. The van der Waals surface area contributed by atoms with Crippen LogP contribution < -0.4 is 10.5 Å². The minimum absolute atomic E-state index is 0. The summed E-state index contributed by atoms with van der Waals surface area (Å²) in [7, 11) is 1.62. The molecule has 1 amide bonds. The smallest absolute Gasteiger partial charge is 0.267 e. The van der Waals surface area contributed by atoms with E-state index in [2.05, 4.69) is 0 Å². The van der Waals surface area contributed by atoms with Crippen molar-refractivity contribution in [3.05, 3.63) is 41.3 Å². The summed E-state index contributed by atoms with van der Waals surface area (Å²) >= 11 is 1.50. The lowest BCUT2D eigenvalue weighted by Crippen LogP contribution is -2.44. The molecule has 136 valence electrons. The summed E-state index contributed by atoms with van der Waals surface area (Å²) in [5.74, 6) is 1.10. The minimum atomic E-state index is 0. The molecule has 2 heterocycles. The molecule has 1 aliphatic rings. The molecule has 2 atom stereocenters. The Kier molecular flexibility index (Phi) is 6.87. The van der Waals surface area contributed by atoms with Crippen molar-refractivity contribution in [2.24, 2.45) is 11.7 Å². The molecule has 2 unspecified atom stereocenters. The average molecular weight is 381 g/mol. The van der Waals surface area contributed by atoms with Gasteiger partial charge < -0.3 is 15.4 Å². The molecule has 0 radical (unpaired) electrons. The number of ether oxygens (including phenoxy) is 1. The van der Waals surface area contributed by atoms with Crippen molar-refractivity contribution in [2.45, 2.75) is 25.8 Å². The maximum absolute atomic E-state index is 13.0. The van der Waals surface area contributed by atoms with Crippen LogP contribution in [0.3, 0.4) is 0 Å². The average Bonchev–Trinajstić information content (AvgIpc) is 3.06. The van der Waals surface area contributed by atoms with Gasteiger partial charge in [-0.05, 0) is 37.3 Å². The van der Waals surface area contributed by atoms with Crippen molar-refractivity contribution in [3.8, 4) is 16.2 Å². The fraction of sp³-hybridized carbons (Fsp3) is 0.421. The van der Waals surface area contributed by atoms with Crippen LogP contribution in [0.5, 0.6) is 5.75 Å². The molecular formula is C19H25ClN2O2S. The molecular weight excluding hydrogens is 356 g/mol. The summed E-state index contributed by atoms with van der Waals surface area (Å²) in [5, 5.41) is 0. The van der Waals surface area contributed by atoms with Crippen LogP contribution in [0, 0.1) is 5.92 Å². The second kappa shape index (κ2) is 8.70. The predicted octanol–water partition coefficient (Wildman–Crippen LogP) is 4.04. The zero-order valence-corrected chi connectivity index (χ0v) is 16.2. The number of likely N-dealkylation sites (tertiary alicyclic amines) is 1. The number of benzene rings is 1. The van der Waals surface area contributed by atoms with Gasteiger partial charge in [0.2, 0.25) is 0 Å². The molecule has 1 saturated heterocycles. The molecule has 0 aliphatic carbocycles. The number of carbonyl (C=O) groups excluding carboxylic acids is 1. The van der Waals surface area contributed by atoms with Crippen LogP contribution in [0.2, 0.25) is 0 Å². The monoisotopic (exact) mass is 380 g/mol. The molecule has 4 nitrogen and oxygen atoms in total. The summed E-state index contributed by atoms with van der Waals surface area (Å²) in [6.07, 6.45) is 2.11. The first kappa shape index (κ1) is 19.8. The molecule has 0 saturated carbocycles. The minimum Gasteiger partial charge on any atom is -0.495 e. The van der Waals surface area contributed by atoms with Gasteiger partial charge in [0.25, 0.3) is 5.91 Å². The summed E-state index contributed by atoms with van der Waals surface area (Å²) in [5.41, 5.74) is 7.15. The van der Waals surface area contributed by atoms with E-state index < -0.39 is 0 Å². The van der Waals surface area contributed by atoms with Gasteiger partial charge in [-0.25, -0.2) is 0 Å². The molecule has 0 spiro atoms. The van der Waals surface area contributed by atoms with E-state index in [1.807, 2.05) is 48.2 Å². The van der Waals surface area contributed by atoms with E-state index in [-0.39, 0.29) is 24.4 Å². The lowest BCUT2D eigenvalue weighted by Gasteiger charge is -2.34. The number of carbonyl (C=O) groups is 1. The number of methoxy groups -OCH3 is 1. The maximum Gasteiger partial charge on any atom is 0.267 e. The van der Waals surface area contributed by atoms with E-state index in [4.69, 9.17) is 10.5 Å². The van der Waals surface area contributed by atoms with E-state index in [0.717, 1.165) is 36.4 Å². The number of hydrogen-bond acceptors (Lipinski definition) is 4. The van der Waals surface area contributed by atoms with E-state index in [0.29, 0.717) is 16.5 Å². The molecule has 0 bridgehead atoms. The second-order valence-corrected chi connectivity index (χ2v) is 7.44. The Labute approximate surface area is 159 Å². The highest BCUT2D eigenvalue weighted by molar-refractivity contribution is 7.17. The number of rotatable bonds is 4. The van der Waals surface area contributed by atoms with Crippen molar-refractivity contribution >= 4 is 29.7 Å². The Morgan fingerprint density at radius 2 is 2.08 bits per heavy atom. The van der Waals surface area contributed by atoms with Gasteiger partial charge in [-0.1, -0.05) is 30.3 Å². The van der Waals surface area contributed by atoms with Gasteiger partial charge in [-0.3, -0.25) is 4.79 Å². The Hall–Kier alpha value is -1.56. The zero-order valence-electron chi connectivity index (χ0n) is 14.6. The largest absolute Gasteiger partial charge is 0.495 e. The summed E-state index contributed by atoms with van der Waals surface area (Å²) in [6, 6.07) is 12.2. The van der Waals surface area contributed by atoms with E-state index in [9.17, 15) is 4.79 Å². The lowest BCUT2D eigenvalue weighted by atomic mass is 9.92. The third-order valence-corrected chi connectivity index (χ3v) is 5.81. The number of piperidine rings is 1. The molecule has 2 N–H and O–H groups in total. The topological polar surface area (TPSA) is 55.6 Å². The van der Waals surface area contributed by atoms with Crippen LogP contribution in [-0.2, 0) is 0 Å². The quantitative estimate of drug-likeness (QED) is 0.870. The Morgan fingerprint density at radius 1 is 1.36 bits per heavy atom. The van der Waals surface area contributed by atoms with Crippen LogP contribution in [-0.4, -0.2) is 37.0 Å². The van der Waals surface area contributed by atoms with Gasteiger partial charge in [0.05, 0.1) is 7.11 Å². The fourth-order valence-electron chi connectivity index (χ4n) is 3.19. The van der Waals surface area contributed by atoms with Crippen molar-refractivity contribution in [1.29, 1.82) is 0 Å². The highest BCUT2D eigenvalue weighted by atomic mass is 35.5. The van der Waals surface area contributed by atoms with Crippen molar-refractivity contribution in [2.75, 3.05) is 20.2 Å². The third kappa shape index (κ3) is 4.35. The first-order chi connectivity index (χ1) is 11.6. The van der Waals surface area contributed by atoms with Gasteiger partial charge in [0, 0.05) is 24.0 Å². The molecule has 2 aromatic rings. The number of amides is 1. The normalized spacial score (nSPS) is 18.4. The molecule has 1 aromatic heterocycles. The molecule has 1 aromatic carbocycles. The number of nitrogens with zero attached hydrogens (tertiary/aromatic N) is 1. The van der Waals surface area contributed by atoms with Gasteiger partial charge >= 0.3 is 0 Å². The van der Waals surface area contributed by atoms with Crippen molar-refractivity contribution in [1.82, 2.24) is 4.90 Å². The highest BCUT2D eigenvalue weighted by Crippen LogP contribution is 2.37. The fourth-order valence-corrected chi connectivity index (χ4v) is 4.29. The van der Waals surface area contributed by atoms with Crippen LogP contribution in [0.1, 0.15) is 29.4 Å². The van der Waals surface area contributed by atoms with Crippen molar-refractivity contribution < 1.29 is 9.53 Å². The summed E-state index contributed by atoms with van der Waals surface area (Å²) < 4.78 is 5.47. The van der Waals surface area contributed by atoms with Gasteiger partial charge in [-0.15, -0.1) is 23.7 Å². The third-order valence-electron chi connectivity index (χ3n) is 4.66. The summed E-state index contributed by atoms with van der Waals surface area (Å²) in [4.78, 5) is 16.7. The van der Waals surface area contributed by atoms with Gasteiger partial charge in [0.1, 0.15) is 10.6 Å². The predicted molar refractivity (Wildman–Crippen MR) is 106 cm³/mol. The number of halogens is 1. The second-order valence-electron chi connectivity index (χ2n) is 6.39. The lowest BCUT2D eigenvalue weighted by molar-refractivity contribution is 0.0663. The van der Waals surface area contributed by atoms with E-state index in [1.54, 1.807) is 7.11 Å². The standard InChI is InChI=1S/C19H24N2O2S.ClH/c1-13(20)15-9-6-10-21(12-15)19(22)18-16(23-2)11-17(24-18)14-7-4-3-5-8-14;/h3-5,7-8,11,13,15H,6,9-10,12,20H2,1-2H3;1H. The van der Waals surface area contributed by atoms with Gasteiger partial charge in [-0.2, -0.15) is 0 Å². The number of hydrogen-bond donors (Lipinski definition) is 1. The molecule has 25 heavy (non-hydrogen) atoms. The van der Waals surface area contributed by atoms with Gasteiger partial charge in [0.15, 0.2) is 0 Å². The first-order valence-corrected chi connectivity index (χ1v) is 9.20. The van der Waals surface area contributed by atoms with E-state index in [1.165, 1.54) is 11.3 Å². The van der Waals surface area contributed by atoms with Crippen LogP contribution in [0.25, 0.3) is 10.4 Å². The number of nitrogens with two attached hydrogens (primary N) is 1. The van der Waals surface area contributed by atoms with Crippen LogP contribution in [0.4, 0.5) is 0 Å². The van der Waals surface area contributed by atoms with Crippen LogP contribution in [0.15, 0.2) is 36.4 Å². The van der Waals surface area contributed by atoms with Crippen LogP contribution >= 0.6 is 23.7 Å². The Balaban J connectivity index is 0.00000225. The van der Waals surface area contributed by atoms with Crippen molar-refractivity contribution in [3.63, 3.8) is 0 Å². The zero-order chi connectivity index (χ0) is 17.1. The summed E-state index contributed by atoms with van der Waals surface area (Å²) in [6.45, 7) is 3.56. The number of thiophene rings is 1.